The van der Waals surface area contributed by atoms with Gasteiger partial charge in [-0.15, -0.1) is 0 Å². The number of aliphatic hydroxyl groups is 1. The lowest BCUT2D eigenvalue weighted by Gasteiger charge is -2.21. The van der Waals surface area contributed by atoms with Crippen LogP contribution in [0.15, 0.2) is 24.3 Å². The molecule has 2 aromatic heterocycles. The highest BCUT2D eigenvalue weighted by Gasteiger charge is 2.40. The van der Waals surface area contributed by atoms with E-state index in [0.29, 0.717) is 13.0 Å². The van der Waals surface area contributed by atoms with E-state index in [1.54, 1.807) is 0 Å². The van der Waals surface area contributed by atoms with Crippen molar-refractivity contribution in [3.63, 3.8) is 0 Å². The highest BCUT2D eigenvalue weighted by atomic mass is 35.5. The molecular formula is C22H18ClF7N4O3. The first-order chi connectivity index (χ1) is 17.0. The first-order valence-corrected chi connectivity index (χ1v) is 10.7. The number of amides is 1. The minimum atomic E-state index is -4.98. The van der Waals surface area contributed by atoms with Gasteiger partial charge in [0.05, 0.1) is 39.5 Å². The van der Waals surface area contributed by atoms with Gasteiger partial charge in [0.25, 0.3) is 5.91 Å². The van der Waals surface area contributed by atoms with Crippen molar-refractivity contribution < 1.29 is 45.4 Å². The van der Waals surface area contributed by atoms with Crippen LogP contribution in [0.5, 0.6) is 5.75 Å². The number of aliphatic hydroxyl groups excluding tert-OH is 1. The van der Waals surface area contributed by atoms with E-state index >= 15 is 4.39 Å². The number of carbonyl (C=O) groups excluding carboxylic acids is 1. The summed E-state index contributed by atoms with van der Waals surface area (Å²) < 4.78 is 99.4. The summed E-state index contributed by atoms with van der Waals surface area (Å²) in [6.07, 6.45) is -13.5. The molecule has 0 fully saturated rings. The molecule has 0 bridgehead atoms. The van der Waals surface area contributed by atoms with E-state index in [4.69, 9.17) is 16.3 Å². The topological polar surface area (TPSA) is 100 Å². The molecule has 1 amide bonds. The molecule has 2 atom stereocenters. The van der Waals surface area contributed by atoms with Gasteiger partial charge in [-0.25, -0.2) is 9.37 Å². The lowest BCUT2D eigenvalue weighted by molar-refractivity contribution is -0.189. The maximum atomic E-state index is 15.1. The monoisotopic (exact) mass is 554 g/mol. The Kier molecular flexibility index (Phi) is 7.75. The molecule has 0 saturated heterocycles. The molecule has 3 N–H and O–H groups in total. The van der Waals surface area contributed by atoms with E-state index in [2.05, 4.69) is 10.1 Å². The third-order valence-corrected chi connectivity index (χ3v) is 5.40. The van der Waals surface area contributed by atoms with Gasteiger partial charge < -0.3 is 15.2 Å². The van der Waals surface area contributed by atoms with E-state index in [1.807, 2.05) is 10.4 Å². The van der Waals surface area contributed by atoms with Gasteiger partial charge in [0, 0.05) is 5.56 Å². The summed E-state index contributed by atoms with van der Waals surface area (Å²) in [5.74, 6) is -3.34. The fraction of sp³-hybridized carbons (Fsp3) is 0.318. The number of nitrogens with one attached hydrogen (secondary N) is 2. The van der Waals surface area contributed by atoms with Crippen LogP contribution < -0.4 is 10.1 Å². The van der Waals surface area contributed by atoms with Crippen molar-refractivity contribution >= 4 is 23.2 Å². The van der Waals surface area contributed by atoms with Crippen molar-refractivity contribution in [2.45, 2.75) is 45.3 Å². The van der Waals surface area contributed by atoms with Crippen LogP contribution in [-0.2, 0) is 6.18 Å². The van der Waals surface area contributed by atoms with Gasteiger partial charge in [-0.3, -0.25) is 9.89 Å². The average molecular weight is 555 g/mol. The van der Waals surface area contributed by atoms with Crippen molar-refractivity contribution in [3.05, 3.63) is 57.8 Å². The normalized spacial score (nSPS) is 13.8. The Labute approximate surface area is 209 Å². The highest BCUT2D eigenvalue weighted by Crippen LogP contribution is 2.37. The van der Waals surface area contributed by atoms with E-state index < -0.39 is 64.5 Å². The van der Waals surface area contributed by atoms with Crippen molar-refractivity contribution in [3.8, 4) is 17.0 Å². The number of nitrogens with zero attached hydrogens (tertiary/aromatic N) is 2. The van der Waals surface area contributed by atoms with E-state index in [1.165, 1.54) is 19.1 Å². The number of aromatic amines is 1. The van der Waals surface area contributed by atoms with Crippen LogP contribution in [0.1, 0.15) is 47.4 Å². The second-order valence-electron chi connectivity index (χ2n) is 7.89. The number of ether oxygens (including phenoxy) is 1. The molecule has 2 unspecified atom stereocenters. The molecule has 3 aromatic rings. The number of aryl methyl sites for hydroxylation is 1. The van der Waals surface area contributed by atoms with E-state index in [-0.39, 0.29) is 22.1 Å². The fourth-order valence-corrected chi connectivity index (χ4v) is 3.41. The predicted molar refractivity (Wildman–Crippen MR) is 118 cm³/mol. The number of H-pyrrole nitrogens is 1. The SMILES string of the molecule is Cc1[nH]nc(C(F)(F)F)c1NC(=O)c1cc(F)c(-c2ccc(Cl)c(C(C)O)n2)cc1OC(C)C(F)(F)F. The van der Waals surface area contributed by atoms with Gasteiger partial charge in [-0.2, -0.15) is 31.4 Å². The average Bonchev–Trinajstić information content (AvgIpc) is 3.14. The molecule has 0 saturated carbocycles. The summed E-state index contributed by atoms with van der Waals surface area (Å²) in [7, 11) is 0. The number of alkyl halides is 6. The first-order valence-electron chi connectivity index (χ1n) is 10.4. The number of carbonyl (C=O) groups is 1. The molecule has 0 radical (unpaired) electrons. The summed E-state index contributed by atoms with van der Waals surface area (Å²) in [5, 5.41) is 16.9. The van der Waals surface area contributed by atoms with Crippen LogP contribution in [0.2, 0.25) is 5.02 Å². The summed E-state index contributed by atoms with van der Waals surface area (Å²) in [5.41, 5.74) is -3.96. The van der Waals surface area contributed by atoms with Crippen molar-refractivity contribution in [1.82, 2.24) is 15.2 Å². The number of pyridine rings is 1. The van der Waals surface area contributed by atoms with Crippen LogP contribution in [0.3, 0.4) is 0 Å². The number of hydrogen-bond acceptors (Lipinski definition) is 5. The van der Waals surface area contributed by atoms with Crippen molar-refractivity contribution in [2.24, 2.45) is 0 Å². The molecule has 37 heavy (non-hydrogen) atoms. The molecule has 1 aromatic carbocycles. The number of anilines is 1. The van der Waals surface area contributed by atoms with E-state index in [0.717, 1.165) is 13.0 Å². The third-order valence-electron chi connectivity index (χ3n) is 5.08. The lowest BCUT2D eigenvalue weighted by Crippen LogP contribution is -2.32. The molecule has 15 heteroatoms. The van der Waals surface area contributed by atoms with Gasteiger partial charge in [-0.1, -0.05) is 11.6 Å². The molecule has 0 aliphatic rings. The standard InChI is InChI=1S/C22H18ClF7N4O3/c1-8-17(19(34-33-8)22(28,29)30)32-20(36)12-6-14(24)11(7-16(12)37-10(3)21(25,26)27)15-5-4-13(23)18(31-15)9(2)35/h4-7,9-10,35H,1-3H3,(H,32,36)(H,33,34). The zero-order valence-electron chi connectivity index (χ0n) is 19.1. The summed E-state index contributed by atoms with van der Waals surface area (Å²) in [6.45, 7) is 3.11. The maximum absolute atomic E-state index is 15.1. The smallest absolute Gasteiger partial charge is 0.437 e. The van der Waals surface area contributed by atoms with Gasteiger partial charge in [0.15, 0.2) is 11.8 Å². The minimum absolute atomic E-state index is 0.0354. The van der Waals surface area contributed by atoms with Gasteiger partial charge in [0.1, 0.15) is 11.6 Å². The highest BCUT2D eigenvalue weighted by molar-refractivity contribution is 6.31. The van der Waals surface area contributed by atoms with E-state index in [9.17, 15) is 36.2 Å². The Morgan fingerprint density at radius 2 is 1.81 bits per heavy atom. The Balaban J connectivity index is 2.13. The second kappa shape index (κ2) is 10.2. The summed E-state index contributed by atoms with van der Waals surface area (Å²) >= 11 is 5.95. The molecule has 0 spiro atoms. The fourth-order valence-electron chi connectivity index (χ4n) is 3.15. The Hall–Kier alpha value is -3.39. The van der Waals surface area contributed by atoms with Crippen molar-refractivity contribution in [1.29, 1.82) is 0 Å². The lowest BCUT2D eigenvalue weighted by atomic mass is 10.0. The van der Waals surface area contributed by atoms with Gasteiger partial charge in [-0.05, 0) is 45.0 Å². The third kappa shape index (κ3) is 6.13. The predicted octanol–water partition coefficient (Wildman–Crippen LogP) is 6.23. The largest absolute Gasteiger partial charge is 0.480 e. The minimum Gasteiger partial charge on any atom is -0.480 e. The maximum Gasteiger partial charge on any atom is 0.437 e. The summed E-state index contributed by atoms with van der Waals surface area (Å²) in [4.78, 5) is 16.9. The number of halogens is 8. The number of aromatic nitrogens is 3. The molecule has 2 heterocycles. The number of hydrogen-bond donors (Lipinski definition) is 3. The molecule has 0 aliphatic heterocycles. The number of benzene rings is 1. The van der Waals surface area contributed by atoms with Gasteiger partial charge >= 0.3 is 12.4 Å². The van der Waals surface area contributed by atoms with Crippen LogP contribution in [0.4, 0.5) is 36.4 Å². The Morgan fingerprint density at radius 3 is 2.38 bits per heavy atom. The molecule has 200 valence electrons. The summed E-state index contributed by atoms with van der Waals surface area (Å²) in [6, 6.07) is 3.74. The van der Waals surface area contributed by atoms with Crippen LogP contribution in [-0.4, -0.2) is 38.5 Å². The first kappa shape index (κ1) is 28.2. The quantitative estimate of drug-likeness (QED) is 0.314. The van der Waals surface area contributed by atoms with Crippen LogP contribution in [0, 0.1) is 12.7 Å². The van der Waals surface area contributed by atoms with Crippen molar-refractivity contribution in [2.75, 3.05) is 5.32 Å². The Bertz CT molecular complexity index is 1320. The zero-order valence-corrected chi connectivity index (χ0v) is 19.9. The zero-order chi connectivity index (χ0) is 27.9. The van der Waals surface area contributed by atoms with Crippen LogP contribution >= 0.6 is 11.6 Å². The van der Waals surface area contributed by atoms with Crippen LogP contribution in [0.25, 0.3) is 11.3 Å². The van der Waals surface area contributed by atoms with Gasteiger partial charge in [0.2, 0.25) is 0 Å². The molecular weight excluding hydrogens is 537 g/mol. The number of rotatable bonds is 6. The molecule has 0 aliphatic carbocycles. The Morgan fingerprint density at radius 1 is 1.16 bits per heavy atom. The molecule has 3 rings (SSSR count). The molecule has 7 nitrogen and oxygen atoms in total. The second-order valence-corrected chi connectivity index (χ2v) is 8.30.